The van der Waals surface area contributed by atoms with E-state index in [4.69, 9.17) is 15.4 Å². The maximum Gasteiger partial charge on any atom is 0.406 e. The predicted octanol–water partition coefficient (Wildman–Crippen LogP) is 2.56. The minimum absolute atomic E-state index is 0.0277. The van der Waals surface area contributed by atoms with Crippen molar-refractivity contribution in [2.24, 2.45) is 0 Å². The molecule has 0 saturated carbocycles. The molecule has 0 bridgehead atoms. The molecule has 0 unspecified atom stereocenters. The zero-order valence-electron chi connectivity index (χ0n) is 16.6. The van der Waals surface area contributed by atoms with E-state index in [-0.39, 0.29) is 30.6 Å². The first-order chi connectivity index (χ1) is 15.2. The number of benzene rings is 1. The largest absolute Gasteiger partial charge is 0.406 e. The fourth-order valence-electron chi connectivity index (χ4n) is 3.36. The molecule has 0 spiro atoms. The van der Waals surface area contributed by atoms with Gasteiger partial charge in [-0.15, -0.1) is 0 Å². The highest BCUT2D eigenvalue weighted by atomic mass is 19.4. The van der Waals surface area contributed by atoms with Crippen molar-refractivity contribution in [2.45, 2.75) is 25.8 Å². The van der Waals surface area contributed by atoms with Crippen LogP contribution in [0, 0.1) is 0 Å². The molecule has 9 nitrogen and oxygen atoms in total. The highest BCUT2D eigenvalue weighted by Crippen LogP contribution is 2.32. The summed E-state index contributed by atoms with van der Waals surface area (Å²) in [5.41, 5.74) is 7.01. The molecule has 4 N–H and O–H groups in total. The van der Waals surface area contributed by atoms with Crippen molar-refractivity contribution in [1.82, 2.24) is 24.6 Å². The van der Waals surface area contributed by atoms with Crippen molar-refractivity contribution in [3.63, 3.8) is 0 Å². The number of amides is 1. The maximum absolute atomic E-state index is 13.2. The van der Waals surface area contributed by atoms with Gasteiger partial charge in [-0.05, 0) is 24.3 Å². The average molecular weight is 448 g/mol. The monoisotopic (exact) mass is 448 g/mol. The molecule has 3 aromatic heterocycles. The number of nitrogens with one attached hydrogen (secondary N) is 1. The molecule has 32 heavy (non-hydrogen) atoms. The van der Waals surface area contributed by atoms with Gasteiger partial charge in [0.25, 0.3) is 5.91 Å². The number of aliphatic hydroxyl groups is 1. The van der Waals surface area contributed by atoms with Crippen molar-refractivity contribution in [3.05, 3.63) is 54.2 Å². The maximum atomic E-state index is 13.2. The van der Waals surface area contributed by atoms with Crippen LogP contribution in [0.5, 0.6) is 0 Å². The van der Waals surface area contributed by atoms with Gasteiger partial charge in [0.05, 0.1) is 29.9 Å². The standard InChI is InChI=1S/C20H19F3N6O3/c21-20(22,23)11-29-15-3-1-2-14(24)13(15)8-16(29)18-26-17(32-27-18)9-25-19(31)12-4-5-28(10-12)6-7-30/h1-5,8,10,30H,6-7,9,11,24H2,(H,25,31). The summed E-state index contributed by atoms with van der Waals surface area (Å²) in [4.78, 5) is 16.4. The third-order valence-corrected chi connectivity index (χ3v) is 4.79. The molecule has 1 aromatic carbocycles. The molecule has 0 aliphatic rings. The molecule has 12 heteroatoms. The predicted molar refractivity (Wildman–Crippen MR) is 108 cm³/mol. The van der Waals surface area contributed by atoms with E-state index in [2.05, 4.69) is 15.5 Å². The number of aliphatic hydroxyl groups excluding tert-OH is 1. The molecular weight excluding hydrogens is 429 g/mol. The van der Waals surface area contributed by atoms with Crippen LogP contribution < -0.4 is 11.1 Å². The number of nitrogen functional groups attached to an aromatic ring is 1. The lowest BCUT2D eigenvalue weighted by atomic mass is 10.2. The molecule has 0 atom stereocenters. The van der Waals surface area contributed by atoms with E-state index >= 15 is 0 Å². The summed E-state index contributed by atoms with van der Waals surface area (Å²) < 4.78 is 47.4. The summed E-state index contributed by atoms with van der Waals surface area (Å²) in [7, 11) is 0. The highest BCUT2D eigenvalue weighted by Gasteiger charge is 2.31. The average Bonchev–Trinajstić information content (AvgIpc) is 3.45. The van der Waals surface area contributed by atoms with Crippen LogP contribution in [0.4, 0.5) is 18.9 Å². The summed E-state index contributed by atoms with van der Waals surface area (Å²) in [5.74, 6) is -0.427. The summed E-state index contributed by atoms with van der Waals surface area (Å²) in [6, 6.07) is 7.76. The minimum atomic E-state index is -4.47. The number of nitrogens with two attached hydrogens (primary N) is 1. The Kier molecular flexibility index (Phi) is 5.61. The number of hydrogen-bond acceptors (Lipinski definition) is 6. The van der Waals surface area contributed by atoms with E-state index < -0.39 is 18.6 Å². The second-order valence-corrected chi connectivity index (χ2v) is 7.07. The van der Waals surface area contributed by atoms with Crippen molar-refractivity contribution in [2.75, 3.05) is 12.3 Å². The Labute approximate surface area is 179 Å². The van der Waals surface area contributed by atoms with Gasteiger partial charge in [-0.25, -0.2) is 0 Å². The number of aromatic nitrogens is 4. The Balaban J connectivity index is 1.56. The number of hydrogen-bond donors (Lipinski definition) is 3. The highest BCUT2D eigenvalue weighted by molar-refractivity contribution is 5.95. The lowest BCUT2D eigenvalue weighted by Crippen LogP contribution is -2.22. The van der Waals surface area contributed by atoms with E-state index in [1.165, 1.54) is 12.1 Å². The second kappa shape index (κ2) is 8.38. The molecule has 0 aliphatic heterocycles. The van der Waals surface area contributed by atoms with Crippen LogP contribution >= 0.6 is 0 Å². The Morgan fingerprint density at radius 2 is 2.09 bits per heavy atom. The summed E-state index contributed by atoms with van der Waals surface area (Å²) >= 11 is 0. The van der Waals surface area contributed by atoms with Crippen LogP contribution in [0.2, 0.25) is 0 Å². The number of carbonyl (C=O) groups excluding carboxylic acids is 1. The third-order valence-electron chi connectivity index (χ3n) is 4.79. The number of carbonyl (C=O) groups is 1. The Bertz CT molecular complexity index is 1260. The molecular formula is C20H19F3N6O3. The van der Waals surface area contributed by atoms with Gasteiger partial charge in [0, 0.05) is 30.0 Å². The normalized spacial score (nSPS) is 11.9. The Morgan fingerprint density at radius 3 is 2.84 bits per heavy atom. The van der Waals surface area contributed by atoms with Gasteiger partial charge in [-0.1, -0.05) is 11.2 Å². The van der Waals surface area contributed by atoms with Gasteiger partial charge in [0.1, 0.15) is 6.54 Å². The summed E-state index contributed by atoms with van der Waals surface area (Å²) in [6.45, 7) is -1.06. The van der Waals surface area contributed by atoms with Gasteiger partial charge in [0.15, 0.2) is 0 Å². The van der Waals surface area contributed by atoms with Gasteiger partial charge < -0.3 is 29.8 Å². The first kappa shape index (κ1) is 21.4. The SMILES string of the molecule is Nc1cccc2c1cc(-c1noc(CNC(=O)c3ccn(CCO)c3)n1)n2CC(F)(F)F. The van der Waals surface area contributed by atoms with Crippen LogP contribution in [-0.2, 0) is 19.6 Å². The van der Waals surface area contributed by atoms with Gasteiger partial charge in [-0.2, -0.15) is 18.2 Å². The number of rotatable bonds is 7. The van der Waals surface area contributed by atoms with Crippen molar-refractivity contribution >= 4 is 22.5 Å². The summed E-state index contributed by atoms with van der Waals surface area (Å²) in [6.07, 6.45) is -1.25. The van der Waals surface area contributed by atoms with Gasteiger partial charge in [-0.3, -0.25) is 4.79 Å². The van der Waals surface area contributed by atoms with Crippen LogP contribution in [0.3, 0.4) is 0 Å². The number of halogens is 3. The second-order valence-electron chi connectivity index (χ2n) is 7.07. The number of anilines is 1. The molecule has 3 heterocycles. The first-order valence-electron chi connectivity index (χ1n) is 9.57. The number of alkyl halides is 3. The van der Waals surface area contributed by atoms with E-state index in [0.29, 0.717) is 28.7 Å². The van der Waals surface area contributed by atoms with Gasteiger partial charge in [0.2, 0.25) is 11.7 Å². The van der Waals surface area contributed by atoms with Crippen LogP contribution in [0.1, 0.15) is 16.2 Å². The molecule has 0 saturated heterocycles. The molecule has 168 valence electrons. The van der Waals surface area contributed by atoms with Crippen molar-refractivity contribution in [3.8, 4) is 11.5 Å². The summed E-state index contributed by atoms with van der Waals surface area (Å²) in [5, 5.41) is 15.8. The zero-order valence-corrected chi connectivity index (χ0v) is 16.6. The fraction of sp³-hybridized carbons (Fsp3) is 0.250. The third kappa shape index (κ3) is 4.44. The van der Waals surface area contributed by atoms with E-state index in [1.54, 1.807) is 35.2 Å². The van der Waals surface area contributed by atoms with Crippen molar-refractivity contribution in [1.29, 1.82) is 0 Å². The molecule has 4 rings (SSSR count). The van der Waals surface area contributed by atoms with E-state index in [0.717, 1.165) is 4.57 Å². The van der Waals surface area contributed by atoms with E-state index in [1.807, 2.05) is 0 Å². The first-order valence-corrected chi connectivity index (χ1v) is 9.57. The fourth-order valence-corrected chi connectivity index (χ4v) is 3.36. The van der Waals surface area contributed by atoms with Crippen LogP contribution in [0.25, 0.3) is 22.4 Å². The molecule has 0 fully saturated rings. The minimum Gasteiger partial charge on any atom is -0.398 e. The van der Waals surface area contributed by atoms with Crippen molar-refractivity contribution < 1.29 is 27.6 Å². The quantitative estimate of drug-likeness (QED) is 0.373. The molecule has 0 aliphatic carbocycles. The number of fused-ring (bicyclic) bond motifs is 1. The van der Waals surface area contributed by atoms with Crippen LogP contribution in [-0.4, -0.2) is 43.1 Å². The lowest BCUT2D eigenvalue weighted by molar-refractivity contribution is -0.139. The molecule has 4 aromatic rings. The molecule has 0 radical (unpaired) electrons. The van der Waals surface area contributed by atoms with Crippen LogP contribution in [0.15, 0.2) is 47.2 Å². The lowest BCUT2D eigenvalue weighted by Gasteiger charge is -2.11. The molecule has 1 amide bonds. The Hall–Kier alpha value is -3.80. The van der Waals surface area contributed by atoms with E-state index in [9.17, 15) is 18.0 Å². The van der Waals surface area contributed by atoms with Gasteiger partial charge >= 0.3 is 6.18 Å². The zero-order chi connectivity index (χ0) is 22.9. The Morgan fingerprint density at radius 1 is 1.28 bits per heavy atom. The topological polar surface area (TPSA) is 124 Å². The number of nitrogens with zero attached hydrogens (tertiary/aromatic N) is 4. The smallest absolute Gasteiger partial charge is 0.398 e.